The van der Waals surface area contributed by atoms with E-state index >= 15 is 0 Å². The van der Waals surface area contributed by atoms with Crippen molar-refractivity contribution in [2.45, 2.75) is 64.1 Å². The van der Waals surface area contributed by atoms with Crippen LogP contribution in [0.2, 0.25) is 0 Å². The Morgan fingerprint density at radius 2 is 2.10 bits per heavy atom. The largest absolute Gasteiger partial charge is 0.328 e. The second kappa shape index (κ2) is 5.45. The molecule has 0 amide bonds. The number of rotatable bonds is 3. The quantitative estimate of drug-likeness (QED) is 0.934. The third kappa shape index (κ3) is 2.38. The molecule has 1 aromatic heterocycles. The molecule has 0 bridgehead atoms. The predicted molar refractivity (Wildman–Crippen MR) is 86.4 cm³/mol. The second-order valence-electron chi connectivity index (χ2n) is 6.70. The molecule has 3 unspecified atom stereocenters. The van der Waals surface area contributed by atoms with Crippen LogP contribution in [0.3, 0.4) is 0 Å². The SMILES string of the molecule is CCn1c(CC2CCC3CCCC3N2)nc2ccccc21. The Bertz CT molecular complexity index is 630. The fourth-order valence-corrected chi connectivity index (χ4v) is 4.42. The van der Waals surface area contributed by atoms with Gasteiger partial charge in [-0.05, 0) is 50.7 Å². The van der Waals surface area contributed by atoms with Gasteiger partial charge in [0.2, 0.25) is 0 Å². The zero-order chi connectivity index (χ0) is 14.2. The number of aryl methyl sites for hydroxylation is 1. The number of nitrogens with zero attached hydrogens (tertiary/aromatic N) is 2. The summed E-state index contributed by atoms with van der Waals surface area (Å²) in [6.45, 7) is 3.23. The molecule has 112 valence electrons. The van der Waals surface area contributed by atoms with E-state index in [-0.39, 0.29) is 0 Å². The van der Waals surface area contributed by atoms with Gasteiger partial charge in [-0.1, -0.05) is 18.6 Å². The highest BCUT2D eigenvalue weighted by Crippen LogP contribution is 2.34. The number of nitrogens with one attached hydrogen (secondary N) is 1. The highest BCUT2D eigenvalue weighted by atomic mass is 15.1. The van der Waals surface area contributed by atoms with Crippen molar-refractivity contribution in [1.82, 2.24) is 14.9 Å². The number of benzene rings is 1. The molecule has 1 saturated carbocycles. The van der Waals surface area contributed by atoms with Gasteiger partial charge in [-0.3, -0.25) is 0 Å². The van der Waals surface area contributed by atoms with Crippen molar-refractivity contribution in [3.63, 3.8) is 0 Å². The molecule has 2 heterocycles. The fraction of sp³-hybridized carbons (Fsp3) is 0.611. The van der Waals surface area contributed by atoms with Gasteiger partial charge in [-0.2, -0.15) is 0 Å². The number of para-hydroxylation sites is 2. The smallest absolute Gasteiger partial charge is 0.111 e. The van der Waals surface area contributed by atoms with E-state index in [1.165, 1.54) is 43.4 Å². The Labute approximate surface area is 126 Å². The van der Waals surface area contributed by atoms with E-state index in [4.69, 9.17) is 4.98 Å². The van der Waals surface area contributed by atoms with Crippen LogP contribution in [0.4, 0.5) is 0 Å². The number of hydrogen-bond acceptors (Lipinski definition) is 2. The molecule has 2 fully saturated rings. The molecule has 1 aromatic carbocycles. The first-order valence-electron chi connectivity index (χ1n) is 8.55. The number of fused-ring (bicyclic) bond motifs is 2. The Kier molecular flexibility index (Phi) is 3.46. The van der Waals surface area contributed by atoms with Crippen molar-refractivity contribution >= 4 is 11.0 Å². The van der Waals surface area contributed by atoms with Crippen LogP contribution >= 0.6 is 0 Å². The van der Waals surface area contributed by atoms with Gasteiger partial charge in [-0.25, -0.2) is 4.98 Å². The summed E-state index contributed by atoms with van der Waals surface area (Å²) in [5, 5.41) is 3.91. The Hall–Kier alpha value is -1.35. The van der Waals surface area contributed by atoms with E-state index in [0.29, 0.717) is 6.04 Å². The summed E-state index contributed by atoms with van der Waals surface area (Å²) in [5.41, 5.74) is 2.42. The molecule has 3 atom stereocenters. The van der Waals surface area contributed by atoms with Gasteiger partial charge in [-0.15, -0.1) is 0 Å². The number of piperidine rings is 1. The highest BCUT2D eigenvalue weighted by molar-refractivity contribution is 5.75. The van der Waals surface area contributed by atoms with Gasteiger partial charge in [0.25, 0.3) is 0 Å². The molecule has 2 aromatic rings. The van der Waals surface area contributed by atoms with Gasteiger partial charge < -0.3 is 9.88 Å². The Morgan fingerprint density at radius 3 is 3.00 bits per heavy atom. The minimum atomic E-state index is 0.617. The third-order valence-corrected chi connectivity index (χ3v) is 5.47. The maximum atomic E-state index is 4.89. The third-order valence-electron chi connectivity index (χ3n) is 5.47. The summed E-state index contributed by atoms with van der Waals surface area (Å²) >= 11 is 0. The molecule has 0 radical (unpaired) electrons. The van der Waals surface area contributed by atoms with Gasteiger partial charge in [0.15, 0.2) is 0 Å². The van der Waals surface area contributed by atoms with E-state index < -0.39 is 0 Å². The van der Waals surface area contributed by atoms with Crippen molar-refractivity contribution in [1.29, 1.82) is 0 Å². The van der Waals surface area contributed by atoms with Gasteiger partial charge in [0.05, 0.1) is 11.0 Å². The molecule has 1 aliphatic heterocycles. The normalized spacial score (nSPS) is 28.9. The summed E-state index contributed by atoms with van der Waals surface area (Å²) in [7, 11) is 0. The molecule has 0 spiro atoms. The molecular formula is C18H25N3. The van der Waals surface area contributed by atoms with E-state index in [9.17, 15) is 0 Å². The first-order valence-corrected chi connectivity index (χ1v) is 8.55. The first kappa shape index (κ1) is 13.3. The van der Waals surface area contributed by atoms with Crippen molar-refractivity contribution < 1.29 is 0 Å². The Morgan fingerprint density at radius 1 is 1.19 bits per heavy atom. The Balaban J connectivity index is 1.56. The van der Waals surface area contributed by atoms with E-state index in [1.54, 1.807) is 0 Å². The maximum absolute atomic E-state index is 4.89. The lowest BCUT2D eigenvalue weighted by molar-refractivity contribution is 0.255. The molecule has 2 aliphatic rings. The highest BCUT2D eigenvalue weighted by Gasteiger charge is 2.33. The van der Waals surface area contributed by atoms with Gasteiger partial charge >= 0.3 is 0 Å². The zero-order valence-electron chi connectivity index (χ0n) is 12.9. The topological polar surface area (TPSA) is 29.9 Å². The maximum Gasteiger partial charge on any atom is 0.111 e. The lowest BCUT2D eigenvalue weighted by Gasteiger charge is -2.33. The standard InChI is InChI=1S/C18H25N3/c1-2-21-17-9-4-3-7-16(17)20-18(21)12-14-11-10-13-6-5-8-15(13)19-14/h3-4,7,9,13-15,19H,2,5-6,8,10-12H2,1H3. The fourth-order valence-electron chi connectivity index (χ4n) is 4.42. The van der Waals surface area contributed by atoms with Crippen molar-refractivity contribution in [2.24, 2.45) is 5.92 Å². The summed E-state index contributed by atoms with van der Waals surface area (Å²) < 4.78 is 2.39. The summed E-state index contributed by atoms with van der Waals surface area (Å²) in [6, 6.07) is 9.92. The molecule has 21 heavy (non-hydrogen) atoms. The molecule has 4 rings (SSSR count). The van der Waals surface area contributed by atoms with Crippen LogP contribution in [-0.4, -0.2) is 21.6 Å². The molecule has 1 aliphatic carbocycles. The monoisotopic (exact) mass is 283 g/mol. The lowest BCUT2D eigenvalue weighted by Crippen LogP contribution is -2.46. The zero-order valence-corrected chi connectivity index (χ0v) is 12.9. The molecule has 1 N–H and O–H groups in total. The molecule has 3 nitrogen and oxygen atoms in total. The van der Waals surface area contributed by atoms with Crippen LogP contribution in [0.5, 0.6) is 0 Å². The minimum Gasteiger partial charge on any atom is -0.328 e. The predicted octanol–water partition coefficient (Wildman–Crippen LogP) is 3.52. The van der Waals surface area contributed by atoms with Crippen LogP contribution in [0.25, 0.3) is 11.0 Å². The van der Waals surface area contributed by atoms with Gasteiger partial charge in [0.1, 0.15) is 5.82 Å². The average molecular weight is 283 g/mol. The van der Waals surface area contributed by atoms with E-state index in [1.807, 2.05) is 0 Å². The van der Waals surface area contributed by atoms with Crippen LogP contribution in [0.15, 0.2) is 24.3 Å². The van der Waals surface area contributed by atoms with Crippen molar-refractivity contribution in [3.05, 3.63) is 30.1 Å². The number of imidazole rings is 1. The van der Waals surface area contributed by atoms with Crippen LogP contribution in [0, 0.1) is 5.92 Å². The van der Waals surface area contributed by atoms with Crippen molar-refractivity contribution in [2.75, 3.05) is 0 Å². The molecule has 3 heteroatoms. The summed E-state index contributed by atoms with van der Waals surface area (Å²) in [5.74, 6) is 2.21. The minimum absolute atomic E-state index is 0.617. The number of hydrogen-bond donors (Lipinski definition) is 1. The summed E-state index contributed by atoms with van der Waals surface area (Å²) in [6.07, 6.45) is 8.04. The lowest BCUT2D eigenvalue weighted by atomic mass is 9.88. The van der Waals surface area contributed by atoms with Crippen LogP contribution in [0.1, 0.15) is 44.9 Å². The first-order chi connectivity index (χ1) is 10.3. The molecule has 1 saturated heterocycles. The van der Waals surface area contributed by atoms with Crippen LogP contribution < -0.4 is 5.32 Å². The van der Waals surface area contributed by atoms with Crippen molar-refractivity contribution in [3.8, 4) is 0 Å². The van der Waals surface area contributed by atoms with E-state index in [0.717, 1.165) is 30.4 Å². The summed E-state index contributed by atoms with van der Waals surface area (Å²) in [4.78, 5) is 4.89. The number of aromatic nitrogens is 2. The molecular weight excluding hydrogens is 258 g/mol. The average Bonchev–Trinajstić information content (AvgIpc) is 3.10. The van der Waals surface area contributed by atoms with E-state index in [2.05, 4.69) is 41.1 Å². The van der Waals surface area contributed by atoms with Gasteiger partial charge in [0, 0.05) is 25.0 Å². The van der Waals surface area contributed by atoms with Crippen LogP contribution in [-0.2, 0) is 13.0 Å². The second-order valence-corrected chi connectivity index (χ2v) is 6.70.